The molecule has 1 amide bonds. The van der Waals surface area contributed by atoms with Crippen molar-refractivity contribution in [1.82, 2.24) is 25.1 Å². The Morgan fingerprint density at radius 3 is 2.92 bits per heavy atom. The summed E-state index contributed by atoms with van der Waals surface area (Å²) in [7, 11) is 1.99. The standard InChI is InChI=1S/C18H25N5O.ClH/c1-14-5-3-4-6-15(14)11-21-17(24)13-23-10-7-19-12-16(23)18-20-8-9-22(18)2;/h3-6,8-9,16,19H,7,10-13H2,1-2H3,(H,21,24);1H. The van der Waals surface area contributed by atoms with E-state index in [1.54, 1.807) is 6.20 Å². The fourth-order valence-electron chi connectivity index (χ4n) is 3.13. The molecular formula is C18H26ClN5O. The van der Waals surface area contributed by atoms with Crippen molar-refractivity contribution in [3.8, 4) is 0 Å². The lowest BCUT2D eigenvalue weighted by Gasteiger charge is -2.35. The number of nitrogens with zero attached hydrogens (tertiary/aromatic N) is 3. The molecular weight excluding hydrogens is 338 g/mol. The SMILES string of the molecule is Cc1ccccc1CNC(=O)CN1CCNCC1c1nccn1C.Cl. The highest BCUT2D eigenvalue weighted by Gasteiger charge is 2.28. The van der Waals surface area contributed by atoms with Gasteiger partial charge in [0.2, 0.25) is 5.91 Å². The summed E-state index contributed by atoms with van der Waals surface area (Å²) < 4.78 is 2.02. The van der Waals surface area contributed by atoms with E-state index in [1.807, 2.05) is 29.9 Å². The van der Waals surface area contributed by atoms with E-state index < -0.39 is 0 Å². The monoisotopic (exact) mass is 363 g/mol. The Morgan fingerprint density at radius 1 is 1.40 bits per heavy atom. The molecule has 3 rings (SSSR count). The van der Waals surface area contributed by atoms with E-state index in [9.17, 15) is 4.79 Å². The van der Waals surface area contributed by atoms with E-state index in [4.69, 9.17) is 0 Å². The van der Waals surface area contributed by atoms with Crippen LogP contribution in [0.4, 0.5) is 0 Å². The van der Waals surface area contributed by atoms with Crippen molar-refractivity contribution in [3.63, 3.8) is 0 Å². The number of rotatable bonds is 5. The maximum Gasteiger partial charge on any atom is 0.234 e. The van der Waals surface area contributed by atoms with Crippen molar-refractivity contribution in [2.75, 3.05) is 26.2 Å². The highest BCUT2D eigenvalue weighted by atomic mass is 35.5. The number of imidazole rings is 1. The predicted molar refractivity (Wildman–Crippen MR) is 101 cm³/mol. The van der Waals surface area contributed by atoms with E-state index >= 15 is 0 Å². The minimum Gasteiger partial charge on any atom is -0.351 e. The number of aromatic nitrogens is 2. The van der Waals surface area contributed by atoms with Crippen molar-refractivity contribution < 1.29 is 4.79 Å². The number of aryl methyl sites for hydroxylation is 2. The minimum atomic E-state index is 0. The molecule has 1 aromatic heterocycles. The van der Waals surface area contributed by atoms with Crippen LogP contribution in [0.2, 0.25) is 0 Å². The quantitative estimate of drug-likeness (QED) is 0.843. The lowest BCUT2D eigenvalue weighted by atomic mass is 10.1. The molecule has 6 nitrogen and oxygen atoms in total. The average Bonchev–Trinajstić information content (AvgIpc) is 3.00. The Morgan fingerprint density at radius 2 is 2.20 bits per heavy atom. The molecule has 1 fully saturated rings. The smallest absolute Gasteiger partial charge is 0.234 e. The second kappa shape index (κ2) is 8.99. The summed E-state index contributed by atoms with van der Waals surface area (Å²) in [6.07, 6.45) is 3.75. The molecule has 2 N–H and O–H groups in total. The Hall–Kier alpha value is -1.89. The zero-order chi connectivity index (χ0) is 16.9. The van der Waals surface area contributed by atoms with E-state index in [0.29, 0.717) is 13.1 Å². The first kappa shape index (κ1) is 19.4. The number of carbonyl (C=O) groups excluding carboxylic acids is 1. The van der Waals surface area contributed by atoms with E-state index in [1.165, 1.54) is 5.56 Å². The number of carbonyl (C=O) groups is 1. The molecule has 2 aromatic rings. The van der Waals surface area contributed by atoms with Gasteiger partial charge in [-0.2, -0.15) is 0 Å². The van der Waals surface area contributed by atoms with Gasteiger partial charge in [0.1, 0.15) is 5.82 Å². The van der Waals surface area contributed by atoms with Crippen molar-refractivity contribution in [2.45, 2.75) is 19.5 Å². The molecule has 25 heavy (non-hydrogen) atoms. The van der Waals surface area contributed by atoms with Gasteiger partial charge >= 0.3 is 0 Å². The number of halogens is 1. The van der Waals surface area contributed by atoms with Crippen LogP contribution >= 0.6 is 12.4 Å². The van der Waals surface area contributed by atoms with Gasteiger partial charge in [0.25, 0.3) is 0 Å². The molecule has 1 atom stereocenters. The molecule has 0 aliphatic carbocycles. The van der Waals surface area contributed by atoms with Crippen molar-refractivity contribution in [2.24, 2.45) is 7.05 Å². The normalized spacial score (nSPS) is 17.8. The number of hydrogen-bond acceptors (Lipinski definition) is 4. The molecule has 7 heteroatoms. The number of hydrogen-bond donors (Lipinski definition) is 2. The lowest BCUT2D eigenvalue weighted by Crippen LogP contribution is -2.50. The molecule has 0 bridgehead atoms. The second-order valence-corrected chi connectivity index (χ2v) is 6.29. The Kier molecular flexibility index (Phi) is 6.99. The Labute approximate surface area is 155 Å². The van der Waals surface area contributed by atoms with E-state index in [-0.39, 0.29) is 24.4 Å². The number of amides is 1. The van der Waals surface area contributed by atoms with Crippen LogP contribution in [-0.2, 0) is 18.4 Å². The zero-order valence-corrected chi connectivity index (χ0v) is 15.6. The van der Waals surface area contributed by atoms with Crippen molar-refractivity contribution in [3.05, 3.63) is 53.6 Å². The second-order valence-electron chi connectivity index (χ2n) is 6.29. The van der Waals surface area contributed by atoms with Gasteiger partial charge in [0, 0.05) is 45.6 Å². The molecule has 1 saturated heterocycles. The highest BCUT2D eigenvalue weighted by Crippen LogP contribution is 2.19. The molecule has 1 aliphatic heterocycles. The van der Waals surface area contributed by atoms with Gasteiger partial charge in [-0.25, -0.2) is 4.98 Å². The summed E-state index contributed by atoms with van der Waals surface area (Å²) in [6.45, 7) is 5.59. The van der Waals surface area contributed by atoms with Crippen molar-refractivity contribution in [1.29, 1.82) is 0 Å². The number of benzene rings is 1. The van der Waals surface area contributed by atoms with Gasteiger partial charge in [-0.3, -0.25) is 9.69 Å². The van der Waals surface area contributed by atoms with Crippen LogP contribution in [0.1, 0.15) is 23.0 Å². The van der Waals surface area contributed by atoms with Crippen LogP contribution in [0.25, 0.3) is 0 Å². The van der Waals surface area contributed by atoms with Gasteiger partial charge in [-0.15, -0.1) is 12.4 Å². The topological polar surface area (TPSA) is 62.2 Å². The zero-order valence-electron chi connectivity index (χ0n) is 14.7. The Balaban J connectivity index is 0.00000225. The fraction of sp³-hybridized carbons (Fsp3) is 0.444. The maximum atomic E-state index is 12.4. The molecule has 2 heterocycles. The number of piperazine rings is 1. The highest BCUT2D eigenvalue weighted by molar-refractivity contribution is 5.85. The van der Waals surface area contributed by atoms with E-state index in [2.05, 4.69) is 39.6 Å². The minimum absolute atomic E-state index is 0. The third kappa shape index (κ3) is 4.81. The summed E-state index contributed by atoms with van der Waals surface area (Å²) in [6, 6.07) is 8.26. The van der Waals surface area contributed by atoms with Crippen LogP contribution in [0, 0.1) is 6.92 Å². The predicted octanol–water partition coefficient (Wildman–Crippen LogP) is 1.41. The third-order valence-electron chi connectivity index (χ3n) is 4.59. The summed E-state index contributed by atoms with van der Waals surface area (Å²) in [5.74, 6) is 1.05. The molecule has 0 radical (unpaired) electrons. The summed E-state index contributed by atoms with van der Waals surface area (Å²) >= 11 is 0. The molecule has 136 valence electrons. The van der Waals surface area contributed by atoms with Gasteiger partial charge in [0.15, 0.2) is 0 Å². The first-order chi connectivity index (χ1) is 11.6. The summed E-state index contributed by atoms with van der Waals surface area (Å²) in [5, 5.41) is 6.43. The maximum absolute atomic E-state index is 12.4. The molecule has 0 saturated carbocycles. The average molecular weight is 364 g/mol. The van der Waals surface area contributed by atoms with Gasteiger partial charge in [-0.05, 0) is 18.1 Å². The van der Waals surface area contributed by atoms with E-state index in [0.717, 1.165) is 31.0 Å². The van der Waals surface area contributed by atoms with Crippen molar-refractivity contribution >= 4 is 18.3 Å². The van der Waals surface area contributed by atoms with Crippen LogP contribution in [0.15, 0.2) is 36.7 Å². The largest absolute Gasteiger partial charge is 0.351 e. The first-order valence-corrected chi connectivity index (χ1v) is 8.38. The van der Waals surface area contributed by atoms with Crippen LogP contribution in [-0.4, -0.2) is 46.5 Å². The molecule has 1 aromatic carbocycles. The summed E-state index contributed by atoms with van der Waals surface area (Å²) in [4.78, 5) is 19.0. The van der Waals surface area contributed by atoms with Gasteiger partial charge < -0.3 is 15.2 Å². The van der Waals surface area contributed by atoms with Gasteiger partial charge in [0.05, 0.1) is 12.6 Å². The van der Waals surface area contributed by atoms with Crippen LogP contribution in [0.3, 0.4) is 0 Å². The van der Waals surface area contributed by atoms with Crippen LogP contribution < -0.4 is 10.6 Å². The van der Waals surface area contributed by atoms with Crippen LogP contribution in [0.5, 0.6) is 0 Å². The summed E-state index contributed by atoms with van der Waals surface area (Å²) in [5.41, 5.74) is 2.36. The first-order valence-electron chi connectivity index (χ1n) is 8.38. The third-order valence-corrected chi connectivity index (χ3v) is 4.59. The van der Waals surface area contributed by atoms with Gasteiger partial charge in [-0.1, -0.05) is 24.3 Å². The number of nitrogens with one attached hydrogen (secondary N) is 2. The Bertz CT molecular complexity index is 702. The molecule has 1 aliphatic rings. The fourth-order valence-corrected chi connectivity index (χ4v) is 3.13. The lowest BCUT2D eigenvalue weighted by molar-refractivity contribution is -0.123. The molecule has 0 spiro atoms. The molecule has 1 unspecified atom stereocenters.